The van der Waals surface area contributed by atoms with Crippen LogP contribution in [-0.4, -0.2) is 37.6 Å². The smallest absolute Gasteiger partial charge is 0.289 e. The average Bonchev–Trinajstić information content (AvgIpc) is 3.17. The highest BCUT2D eigenvalue weighted by molar-refractivity contribution is 9.10. The number of carbonyl (C=O) groups is 1. The molecule has 1 amide bonds. The van der Waals surface area contributed by atoms with Gasteiger partial charge in [-0.05, 0) is 46.6 Å². The van der Waals surface area contributed by atoms with E-state index in [0.29, 0.717) is 22.5 Å². The van der Waals surface area contributed by atoms with Crippen LogP contribution >= 0.6 is 15.9 Å². The predicted molar refractivity (Wildman–Crippen MR) is 84.3 cm³/mol. The summed E-state index contributed by atoms with van der Waals surface area (Å²) >= 11 is 3.15. The van der Waals surface area contributed by atoms with Gasteiger partial charge in [-0.25, -0.2) is 8.42 Å². The molecule has 0 bridgehead atoms. The van der Waals surface area contributed by atoms with Crippen LogP contribution in [0, 0.1) is 0 Å². The van der Waals surface area contributed by atoms with E-state index in [-0.39, 0.29) is 18.2 Å². The van der Waals surface area contributed by atoms with Crippen LogP contribution in [0.15, 0.2) is 56.4 Å². The molecule has 1 fully saturated rings. The summed E-state index contributed by atoms with van der Waals surface area (Å²) in [6.07, 6.45) is 0.435. The number of likely N-dealkylation sites (tertiary alicyclic amines) is 1. The second-order valence-electron chi connectivity index (χ2n) is 5.12. The van der Waals surface area contributed by atoms with E-state index in [1.54, 1.807) is 42.5 Å². The molecule has 7 heteroatoms. The molecule has 1 aromatic heterocycles. The van der Waals surface area contributed by atoms with Crippen molar-refractivity contribution in [1.82, 2.24) is 4.90 Å². The minimum atomic E-state index is -3.42. The highest BCUT2D eigenvalue weighted by Crippen LogP contribution is 2.25. The Bertz CT molecular complexity index is 785. The van der Waals surface area contributed by atoms with Gasteiger partial charge >= 0.3 is 0 Å². The van der Waals surface area contributed by atoms with Crippen molar-refractivity contribution in [2.45, 2.75) is 16.6 Å². The van der Waals surface area contributed by atoms with E-state index in [1.165, 1.54) is 4.90 Å². The largest absolute Gasteiger partial charge is 0.444 e. The fourth-order valence-electron chi connectivity index (χ4n) is 2.55. The van der Waals surface area contributed by atoms with Gasteiger partial charge in [0.15, 0.2) is 20.3 Å². The van der Waals surface area contributed by atoms with Gasteiger partial charge < -0.3 is 9.32 Å². The van der Waals surface area contributed by atoms with E-state index in [2.05, 4.69) is 15.9 Å². The molecular weight excluding hydrogens is 370 g/mol. The summed E-state index contributed by atoms with van der Waals surface area (Å²) in [5.74, 6) is -0.0684. The molecule has 22 heavy (non-hydrogen) atoms. The number of hydrogen-bond donors (Lipinski definition) is 0. The Hall–Kier alpha value is -1.60. The Labute approximate surface area is 137 Å². The third-order valence-corrected chi connectivity index (χ3v) is 6.34. The molecule has 1 aliphatic heterocycles. The average molecular weight is 384 g/mol. The van der Waals surface area contributed by atoms with E-state index >= 15 is 0 Å². The summed E-state index contributed by atoms with van der Waals surface area (Å²) in [7, 11) is -3.42. The first kappa shape index (κ1) is 15.3. The maximum atomic E-state index is 12.6. The monoisotopic (exact) mass is 383 g/mol. The van der Waals surface area contributed by atoms with Gasteiger partial charge in [0.2, 0.25) is 0 Å². The number of halogens is 1. The number of rotatable bonds is 3. The first-order chi connectivity index (χ1) is 10.5. The zero-order valence-corrected chi connectivity index (χ0v) is 14.0. The number of furan rings is 1. The lowest BCUT2D eigenvalue weighted by molar-refractivity contribution is 0.0760. The molecule has 0 saturated carbocycles. The molecule has 0 aliphatic carbocycles. The Morgan fingerprint density at radius 2 is 1.91 bits per heavy atom. The van der Waals surface area contributed by atoms with Crippen LogP contribution in [0.3, 0.4) is 0 Å². The van der Waals surface area contributed by atoms with Gasteiger partial charge in [-0.15, -0.1) is 0 Å². The van der Waals surface area contributed by atoms with Crippen LogP contribution in [-0.2, 0) is 9.84 Å². The molecule has 5 nitrogen and oxygen atoms in total. The minimum Gasteiger partial charge on any atom is -0.444 e. The molecule has 0 unspecified atom stereocenters. The summed E-state index contributed by atoms with van der Waals surface area (Å²) in [5.41, 5.74) is 0. The van der Waals surface area contributed by atoms with E-state index < -0.39 is 15.1 Å². The highest BCUT2D eigenvalue weighted by Gasteiger charge is 2.36. The zero-order valence-electron chi connectivity index (χ0n) is 11.6. The van der Waals surface area contributed by atoms with Gasteiger partial charge in [-0.1, -0.05) is 18.2 Å². The number of hydrogen-bond acceptors (Lipinski definition) is 4. The second-order valence-corrected chi connectivity index (χ2v) is 8.13. The number of nitrogens with zero attached hydrogens (tertiary/aromatic N) is 1. The number of sulfone groups is 1. The molecule has 1 saturated heterocycles. The zero-order chi connectivity index (χ0) is 15.7. The third kappa shape index (κ3) is 2.83. The van der Waals surface area contributed by atoms with Gasteiger partial charge in [-0.3, -0.25) is 4.79 Å². The SMILES string of the molecule is O=C(c1ccc(Br)o1)N1CC[C@@H](S(=O)(=O)c2ccccc2)C1. The molecule has 2 heterocycles. The molecule has 0 spiro atoms. The molecule has 1 aromatic carbocycles. The highest BCUT2D eigenvalue weighted by atomic mass is 79.9. The van der Waals surface area contributed by atoms with Gasteiger partial charge in [0.05, 0.1) is 10.1 Å². The Kier molecular flexibility index (Phi) is 4.10. The molecule has 0 radical (unpaired) electrons. The van der Waals surface area contributed by atoms with Crippen LogP contribution in [0.4, 0.5) is 0 Å². The molecular formula is C15H14BrNO4S. The minimum absolute atomic E-state index is 0.189. The lowest BCUT2D eigenvalue weighted by Gasteiger charge is -2.15. The molecule has 116 valence electrons. The second kappa shape index (κ2) is 5.89. The Morgan fingerprint density at radius 1 is 1.18 bits per heavy atom. The molecule has 2 aromatic rings. The van der Waals surface area contributed by atoms with Gasteiger partial charge in [0.1, 0.15) is 0 Å². The van der Waals surface area contributed by atoms with Crippen molar-refractivity contribution in [3.8, 4) is 0 Å². The fraction of sp³-hybridized carbons (Fsp3) is 0.267. The van der Waals surface area contributed by atoms with Gasteiger partial charge in [0, 0.05) is 13.1 Å². The Balaban J connectivity index is 1.76. The predicted octanol–water partition coefficient (Wildman–Crippen LogP) is 2.73. The van der Waals surface area contributed by atoms with Crippen LogP contribution < -0.4 is 0 Å². The van der Waals surface area contributed by atoms with Gasteiger partial charge in [0.25, 0.3) is 5.91 Å². The molecule has 1 aliphatic rings. The normalized spacial score (nSPS) is 18.6. The summed E-state index contributed by atoms with van der Waals surface area (Å²) < 4.78 is 30.9. The van der Waals surface area contributed by atoms with Crippen LogP contribution in [0.1, 0.15) is 17.0 Å². The first-order valence-electron chi connectivity index (χ1n) is 6.82. The Morgan fingerprint density at radius 3 is 2.55 bits per heavy atom. The quantitative estimate of drug-likeness (QED) is 0.816. The summed E-state index contributed by atoms with van der Waals surface area (Å²) in [4.78, 5) is 14.1. The molecule has 3 rings (SSSR count). The summed E-state index contributed by atoms with van der Waals surface area (Å²) in [5, 5.41) is -0.572. The number of benzene rings is 1. The van der Waals surface area contributed by atoms with Crippen molar-refractivity contribution >= 4 is 31.7 Å². The first-order valence-corrected chi connectivity index (χ1v) is 9.16. The molecule has 1 atom stereocenters. The number of carbonyl (C=O) groups excluding carboxylic acids is 1. The van der Waals surface area contributed by atoms with Crippen molar-refractivity contribution in [3.63, 3.8) is 0 Å². The van der Waals surface area contributed by atoms with E-state index in [4.69, 9.17) is 4.42 Å². The third-order valence-electron chi connectivity index (χ3n) is 3.73. The van der Waals surface area contributed by atoms with Crippen LogP contribution in [0.5, 0.6) is 0 Å². The van der Waals surface area contributed by atoms with Crippen LogP contribution in [0.2, 0.25) is 0 Å². The van der Waals surface area contributed by atoms with E-state index in [9.17, 15) is 13.2 Å². The lowest BCUT2D eigenvalue weighted by Crippen LogP contribution is -2.31. The number of amides is 1. The van der Waals surface area contributed by atoms with E-state index in [1.807, 2.05) is 0 Å². The van der Waals surface area contributed by atoms with Crippen molar-refractivity contribution in [2.24, 2.45) is 0 Å². The maximum absolute atomic E-state index is 12.6. The summed E-state index contributed by atoms with van der Waals surface area (Å²) in [6, 6.07) is 11.6. The van der Waals surface area contributed by atoms with Crippen molar-refractivity contribution in [2.75, 3.05) is 13.1 Å². The van der Waals surface area contributed by atoms with Crippen molar-refractivity contribution in [3.05, 3.63) is 52.9 Å². The van der Waals surface area contributed by atoms with Crippen LogP contribution in [0.25, 0.3) is 0 Å². The van der Waals surface area contributed by atoms with Crippen molar-refractivity contribution < 1.29 is 17.6 Å². The molecule has 0 N–H and O–H groups in total. The lowest BCUT2D eigenvalue weighted by atomic mass is 10.4. The fourth-order valence-corrected chi connectivity index (χ4v) is 4.57. The maximum Gasteiger partial charge on any atom is 0.289 e. The van der Waals surface area contributed by atoms with Gasteiger partial charge in [-0.2, -0.15) is 0 Å². The van der Waals surface area contributed by atoms with Crippen molar-refractivity contribution in [1.29, 1.82) is 0 Å². The van der Waals surface area contributed by atoms with E-state index in [0.717, 1.165) is 0 Å². The summed E-state index contributed by atoms with van der Waals surface area (Å²) in [6.45, 7) is 0.599. The standard InChI is InChI=1S/C15H14BrNO4S/c16-14-7-6-13(21-14)15(18)17-9-8-12(10-17)22(19,20)11-4-2-1-3-5-11/h1-7,12H,8-10H2/t12-/m1/s1. The topological polar surface area (TPSA) is 67.6 Å².